The molecule has 0 fully saturated rings. The zero-order valence-electron chi connectivity index (χ0n) is 10.3. The lowest BCUT2D eigenvalue weighted by atomic mass is 9.94. The fraction of sp³-hybridized carbons (Fsp3) is 0.357. The highest BCUT2D eigenvalue weighted by Crippen LogP contribution is 2.33. The Kier molecular flexibility index (Phi) is 2.78. The molecule has 0 radical (unpaired) electrons. The molecule has 1 aromatic heterocycles. The SMILES string of the molecule is CCn1c2c(c3cc(Cl)ccc31)CCCC2=NO. The van der Waals surface area contributed by atoms with Crippen molar-refractivity contribution in [2.24, 2.45) is 5.16 Å². The number of benzene rings is 1. The van der Waals surface area contributed by atoms with Crippen LogP contribution in [0.3, 0.4) is 0 Å². The standard InChI is InChI=1S/C14H15ClN2O/c1-2-17-13-7-6-9(15)8-11(13)10-4-3-5-12(16-18)14(10)17/h6-8,18H,2-5H2,1H3. The van der Waals surface area contributed by atoms with Gasteiger partial charge in [0, 0.05) is 22.5 Å². The number of fused-ring (bicyclic) bond motifs is 3. The maximum atomic E-state index is 9.19. The molecule has 0 saturated carbocycles. The van der Waals surface area contributed by atoms with E-state index in [9.17, 15) is 5.21 Å². The Balaban J connectivity index is 2.41. The summed E-state index contributed by atoms with van der Waals surface area (Å²) < 4.78 is 2.22. The summed E-state index contributed by atoms with van der Waals surface area (Å²) >= 11 is 6.09. The quantitative estimate of drug-likeness (QED) is 0.616. The van der Waals surface area contributed by atoms with Gasteiger partial charge in [0.25, 0.3) is 0 Å². The topological polar surface area (TPSA) is 37.5 Å². The smallest absolute Gasteiger partial charge is 0.103 e. The molecule has 1 aromatic carbocycles. The van der Waals surface area contributed by atoms with Crippen molar-refractivity contribution in [1.29, 1.82) is 0 Å². The Labute approximate surface area is 111 Å². The van der Waals surface area contributed by atoms with Crippen LogP contribution in [0.1, 0.15) is 31.0 Å². The molecule has 2 aromatic rings. The predicted molar refractivity (Wildman–Crippen MR) is 73.9 cm³/mol. The zero-order chi connectivity index (χ0) is 12.7. The summed E-state index contributed by atoms with van der Waals surface area (Å²) in [5.41, 5.74) is 4.33. The van der Waals surface area contributed by atoms with Gasteiger partial charge in [0.15, 0.2) is 0 Å². The van der Waals surface area contributed by atoms with Crippen molar-refractivity contribution in [2.75, 3.05) is 0 Å². The van der Waals surface area contributed by atoms with Crippen LogP contribution in [-0.2, 0) is 13.0 Å². The van der Waals surface area contributed by atoms with Gasteiger partial charge < -0.3 is 9.77 Å². The number of aromatic nitrogens is 1. The van der Waals surface area contributed by atoms with Crippen LogP contribution in [-0.4, -0.2) is 15.5 Å². The van der Waals surface area contributed by atoms with E-state index in [0.29, 0.717) is 0 Å². The minimum atomic E-state index is 0.756. The monoisotopic (exact) mass is 262 g/mol. The van der Waals surface area contributed by atoms with Crippen LogP contribution in [0.5, 0.6) is 0 Å². The Morgan fingerprint density at radius 3 is 2.94 bits per heavy atom. The second kappa shape index (κ2) is 4.32. The van der Waals surface area contributed by atoms with Gasteiger partial charge in [-0.3, -0.25) is 0 Å². The first-order valence-electron chi connectivity index (χ1n) is 6.28. The Morgan fingerprint density at radius 2 is 2.22 bits per heavy atom. The highest BCUT2D eigenvalue weighted by molar-refractivity contribution is 6.31. The van der Waals surface area contributed by atoms with E-state index in [1.165, 1.54) is 16.5 Å². The van der Waals surface area contributed by atoms with E-state index >= 15 is 0 Å². The predicted octanol–water partition coefficient (Wildman–Crippen LogP) is 3.83. The number of hydrogen-bond acceptors (Lipinski definition) is 2. The molecule has 94 valence electrons. The summed E-state index contributed by atoms with van der Waals surface area (Å²) in [6, 6.07) is 5.98. The Bertz CT molecular complexity index is 643. The maximum absolute atomic E-state index is 9.19. The van der Waals surface area contributed by atoms with Crippen molar-refractivity contribution >= 4 is 28.2 Å². The fourth-order valence-electron chi connectivity index (χ4n) is 2.96. The third-order valence-corrected chi connectivity index (χ3v) is 3.92. The molecule has 1 N–H and O–H groups in total. The number of aryl methyl sites for hydroxylation is 2. The molecule has 3 rings (SSSR count). The van der Waals surface area contributed by atoms with E-state index in [2.05, 4.69) is 22.7 Å². The number of nitrogens with zero attached hydrogens (tertiary/aromatic N) is 2. The van der Waals surface area contributed by atoms with Crippen molar-refractivity contribution in [1.82, 2.24) is 4.57 Å². The van der Waals surface area contributed by atoms with E-state index in [4.69, 9.17) is 11.6 Å². The van der Waals surface area contributed by atoms with Crippen LogP contribution in [0.15, 0.2) is 23.4 Å². The minimum absolute atomic E-state index is 0.756. The number of hydrogen-bond donors (Lipinski definition) is 1. The first-order valence-corrected chi connectivity index (χ1v) is 6.66. The van der Waals surface area contributed by atoms with E-state index < -0.39 is 0 Å². The van der Waals surface area contributed by atoms with Crippen molar-refractivity contribution in [3.63, 3.8) is 0 Å². The summed E-state index contributed by atoms with van der Waals surface area (Å²) in [6.45, 7) is 2.98. The van der Waals surface area contributed by atoms with Crippen LogP contribution in [0, 0.1) is 0 Å². The second-order valence-corrected chi connectivity index (χ2v) is 5.07. The van der Waals surface area contributed by atoms with Crippen LogP contribution < -0.4 is 0 Å². The molecule has 0 atom stereocenters. The highest BCUT2D eigenvalue weighted by Gasteiger charge is 2.24. The molecule has 0 amide bonds. The van der Waals surface area contributed by atoms with E-state index in [-0.39, 0.29) is 0 Å². The first kappa shape index (κ1) is 11.6. The summed E-state index contributed by atoms with van der Waals surface area (Å²) in [7, 11) is 0. The normalized spacial score (nSPS) is 17.3. The molecule has 0 saturated heterocycles. The third kappa shape index (κ3) is 1.54. The van der Waals surface area contributed by atoms with Gasteiger partial charge in [-0.15, -0.1) is 0 Å². The van der Waals surface area contributed by atoms with Crippen molar-refractivity contribution in [2.45, 2.75) is 32.7 Å². The molecule has 0 spiro atoms. The molecule has 1 aliphatic carbocycles. The van der Waals surface area contributed by atoms with Crippen molar-refractivity contribution in [3.8, 4) is 0 Å². The molecule has 0 unspecified atom stereocenters. The van der Waals surface area contributed by atoms with Gasteiger partial charge in [0.2, 0.25) is 0 Å². The van der Waals surface area contributed by atoms with Crippen molar-refractivity contribution < 1.29 is 5.21 Å². The minimum Gasteiger partial charge on any atom is -0.411 e. The van der Waals surface area contributed by atoms with E-state index in [1.54, 1.807) is 0 Å². The van der Waals surface area contributed by atoms with Gasteiger partial charge >= 0.3 is 0 Å². The average Bonchev–Trinajstić information content (AvgIpc) is 2.72. The first-order chi connectivity index (χ1) is 8.76. The number of oxime groups is 1. The van der Waals surface area contributed by atoms with Crippen LogP contribution in [0.2, 0.25) is 5.02 Å². The van der Waals surface area contributed by atoms with Crippen LogP contribution in [0.25, 0.3) is 10.9 Å². The van der Waals surface area contributed by atoms with Crippen LogP contribution in [0.4, 0.5) is 0 Å². The summed E-state index contributed by atoms with van der Waals surface area (Å²) in [6.07, 6.45) is 2.90. The zero-order valence-corrected chi connectivity index (χ0v) is 11.0. The molecule has 4 heteroatoms. The summed E-state index contributed by atoms with van der Waals surface area (Å²) in [4.78, 5) is 0. The molecule has 0 bridgehead atoms. The Hall–Kier alpha value is -1.48. The third-order valence-electron chi connectivity index (χ3n) is 3.68. The largest absolute Gasteiger partial charge is 0.411 e. The fourth-order valence-corrected chi connectivity index (χ4v) is 3.13. The Morgan fingerprint density at radius 1 is 1.39 bits per heavy atom. The van der Waals surface area contributed by atoms with Gasteiger partial charge in [-0.25, -0.2) is 0 Å². The lowest BCUT2D eigenvalue weighted by molar-refractivity contribution is 0.317. The van der Waals surface area contributed by atoms with Gasteiger partial charge in [0.05, 0.1) is 5.69 Å². The molecular formula is C14H15ClN2O. The summed E-state index contributed by atoms with van der Waals surface area (Å²) in [5.74, 6) is 0. The lowest BCUT2D eigenvalue weighted by Crippen LogP contribution is -2.15. The van der Waals surface area contributed by atoms with Gasteiger partial charge in [-0.2, -0.15) is 0 Å². The average molecular weight is 263 g/mol. The number of halogens is 1. The highest BCUT2D eigenvalue weighted by atomic mass is 35.5. The second-order valence-electron chi connectivity index (χ2n) is 4.63. The molecule has 18 heavy (non-hydrogen) atoms. The van der Waals surface area contributed by atoms with E-state index in [0.717, 1.165) is 42.2 Å². The van der Waals surface area contributed by atoms with Crippen molar-refractivity contribution in [3.05, 3.63) is 34.5 Å². The van der Waals surface area contributed by atoms with Gasteiger partial charge in [0.1, 0.15) is 5.71 Å². The van der Waals surface area contributed by atoms with Gasteiger partial charge in [-0.05, 0) is 49.9 Å². The summed E-state index contributed by atoms with van der Waals surface area (Å²) in [5, 5.41) is 14.6. The molecule has 1 aliphatic rings. The lowest BCUT2D eigenvalue weighted by Gasteiger charge is -2.16. The molecule has 3 nitrogen and oxygen atoms in total. The van der Waals surface area contributed by atoms with E-state index in [1.807, 2.05) is 12.1 Å². The molecule has 0 aliphatic heterocycles. The molecule has 1 heterocycles. The molecular weight excluding hydrogens is 248 g/mol. The maximum Gasteiger partial charge on any atom is 0.103 e. The van der Waals surface area contributed by atoms with Crippen LogP contribution >= 0.6 is 11.6 Å². The number of rotatable bonds is 1. The van der Waals surface area contributed by atoms with Gasteiger partial charge in [-0.1, -0.05) is 16.8 Å².